The summed E-state index contributed by atoms with van der Waals surface area (Å²) in [7, 11) is 1.80. The van der Waals surface area contributed by atoms with Gasteiger partial charge in [-0.05, 0) is 32.3 Å². The van der Waals surface area contributed by atoms with E-state index < -0.39 is 0 Å². The number of aryl methyl sites for hydroxylation is 1. The molecule has 0 saturated heterocycles. The van der Waals surface area contributed by atoms with Crippen molar-refractivity contribution in [2.45, 2.75) is 33.2 Å². The van der Waals surface area contributed by atoms with Crippen molar-refractivity contribution in [1.29, 1.82) is 0 Å². The fourth-order valence-corrected chi connectivity index (χ4v) is 1.79. The van der Waals surface area contributed by atoms with Crippen LogP contribution in [0.15, 0.2) is 29.3 Å². The van der Waals surface area contributed by atoms with Crippen molar-refractivity contribution in [2.24, 2.45) is 4.99 Å². The zero-order valence-corrected chi connectivity index (χ0v) is 12.9. The molecule has 1 rings (SSSR count). The van der Waals surface area contributed by atoms with Gasteiger partial charge in [0.05, 0.1) is 0 Å². The molecule has 4 heteroatoms. The van der Waals surface area contributed by atoms with Crippen LogP contribution in [0.2, 0.25) is 0 Å². The molecule has 0 fully saturated rings. The molecule has 112 valence electrons. The summed E-state index contributed by atoms with van der Waals surface area (Å²) in [4.78, 5) is 4.22. The molecule has 0 aliphatic heterocycles. The van der Waals surface area contributed by atoms with Gasteiger partial charge in [0.25, 0.3) is 0 Å². The van der Waals surface area contributed by atoms with Crippen LogP contribution in [0.25, 0.3) is 0 Å². The van der Waals surface area contributed by atoms with Crippen LogP contribution in [-0.2, 0) is 11.3 Å². The van der Waals surface area contributed by atoms with Crippen LogP contribution in [-0.4, -0.2) is 32.8 Å². The number of hydrogen-bond acceptors (Lipinski definition) is 2. The maximum absolute atomic E-state index is 5.31. The third-order valence-electron chi connectivity index (χ3n) is 3.02. The summed E-state index contributed by atoms with van der Waals surface area (Å²) in [6.07, 6.45) is 2.17. The number of aliphatic imine (C=N–C) groups is 1. The van der Waals surface area contributed by atoms with E-state index in [0.29, 0.717) is 0 Å². The van der Waals surface area contributed by atoms with Gasteiger partial charge < -0.3 is 15.4 Å². The highest BCUT2D eigenvalue weighted by molar-refractivity contribution is 5.79. The molecular weight excluding hydrogens is 250 g/mol. The number of nitrogens with one attached hydrogen (secondary N) is 2. The maximum atomic E-state index is 5.31. The first-order valence-electron chi connectivity index (χ1n) is 7.34. The molecule has 0 atom stereocenters. The molecule has 20 heavy (non-hydrogen) atoms. The Labute approximate surface area is 122 Å². The average Bonchev–Trinajstić information content (AvgIpc) is 2.47. The number of unbranched alkanes of at least 4 members (excludes halogenated alkanes) is 1. The van der Waals surface area contributed by atoms with Crippen LogP contribution in [0.3, 0.4) is 0 Å². The summed E-state index contributed by atoms with van der Waals surface area (Å²) in [5.41, 5.74) is 2.54. The molecule has 2 N–H and O–H groups in total. The van der Waals surface area contributed by atoms with E-state index in [0.717, 1.165) is 45.1 Å². The first-order valence-corrected chi connectivity index (χ1v) is 7.34. The van der Waals surface area contributed by atoms with Crippen LogP contribution in [0.4, 0.5) is 0 Å². The molecule has 0 saturated carbocycles. The second-order valence-electron chi connectivity index (χ2n) is 4.74. The first-order chi connectivity index (χ1) is 9.76. The predicted octanol–water partition coefficient (Wildman–Crippen LogP) is 2.48. The van der Waals surface area contributed by atoms with Crippen LogP contribution >= 0.6 is 0 Å². The van der Waals surface area contributed by atoms with Crippen molar-refractivity contribution in [1.82, 2.24) is 10.6 Å². The zero-order valence-electron chi connectivity index (χ0n) is 12.9. The fourth-order valence-electron chi connectivity index (χ4n) is 1.79. The highest BCUT2D eigenvalue weighted by Gasteiger charge is 1.98. The maximum Gasteiger partial charge on any atom is 0.191 e. The monoisotopic (exact) mass is 277 g/mol. The molecule has 0 radical (unpaired) electrons. The van der Waals surface area contributed by atoms with Gasteiger partial charge in [0.1, 0.15) is 0 Å². The normalized spacial score (nSPS) is 11.4. The molecule has 1 aromatic carbocycles. The number of benzene rings is 1. The lowest BCUT2D eigenvalue weighted by molar-refractivity contribution is 0.143. The number of guanidine groups is 1. The Morgan fingerprint density at radius 2 is 1.90 bits per heavy atom. The molecule has 0 aliphatic carbocycles. The minimum Gasteiger partial charge on any atom is -0.382 e. The first kappa shape index (κ1) is 16.5. The smallest absolute Gasteiger partial charge is 0.191 e. The molecule has 0 bridgehead atoms. The van der Waals surface area contributed by atoms with E-state index in [-0.39, 0.29) is 0 Å². The van der Waals surface area contributed by atoms with Crippen LogP contribution in [0, 0.1) is 6.92 Å². The zero-order chi connectivity index (χ0) is 14.6. The van der Waals surface area contributed by atoms with E-state index in [1.165, 1.54) is 11.1 Å². The van der Waals surface area contributed by atoms with Crippen LogP contribution in [0.5, 0.6) is 0 Å². The van der Waals surface area contributed by atoms with E-state index in [4.69, 9.17) is 4.74 Å². The summed E-state index contributed by atoms with van der Waals surface area (Å²) in [5, 5.41) is 6.63. The summed E-state index contributed by atoms with van der Waals surface area (Å²) in [6.45, 7) is 7.47. The molecule has 1 aromatic rings. The lowest BCUT2D eigenvalue weighted by atomic mass is 10.1. The van der Waals surface area contributed by atoms with Gasteiger partial charge in [-0.3, -0.25) is 4.99 Å². The van der Waals surface area contributed by atoms with Crippen LogP contribution < -0.4 is 10.6 Å². The van der Waals surface area contributed by atoms with Gasteiger partial charge in [-0.2, -0.15) is 0 Å². The van der Waals surface area contributed by atoms with E-state index in [1.54, 1.807) is 7.05 Å². The van der Waals surface area contributed by atoms with Crippen molar-refractivity contribution in [2.75, 3.05) is 26.8 Å². The Hall–Kier alpha value is -1.55. The predicted molar refractivity (Wildman–Crippen MR) is 85.1 cm³/mol. The van der Waals surface area contributed by atoms with E-state index >= 15 is 0 Å². The van der Waals surface area contributed by atoms with Crippen molar-refractivity contribution >= 4 is 5.96 Å². The Kier molecular flexibility index (Phi) is 8.47. The van der Waals surface area contributed by atoms with Gasteiger partial charge in [0.2, 0.25) is 0 Å². The Morgan fingerprint density at radius 3 is 2.55 bits per heavy atom. The highest BCUT2D eigenvalue weighted by Crippen LogP contribution is 2.02. The van der Waals surface area contributed by atoms with Crippen molar-refractivity contribution in [3.05, 3.63) is 35.4 Å². The Morgan fingerprint density at radius 1 is 1.15 bits per heavy atom. The number of rotatable bonds is 8. The van der Waals surface area contributed by atoms with Gasteiger partial charge in [0.15, 0.2) is 5.96 Å². The van der Waals surface area contributed by atoms with Gasteiger partial charge >= 0.3 is 0 Å². The standard InChI is InChI=1S/C16H27N3O/c1-4-20-12-6-5-11-18-16(17-3)19-13-15-9-7-14(2)8-10-15/h7-10H,4-6,11-13H2,1-3H3,(H2,17,18,19). The highest BCUT2D eigenvalue weighted by atomic mass is 16.5. The lowest BCUT2D eigenvalue weighted by Crippen LogP contribution is -2.37. The van der Waals surface area contributed by atoms with Gasteiger partial charge in [-0.15, -0.1) is 0 Å². The molecule has 4 nitrogen and oxygen atoms in total. The molecule has 0 aromatic heterocycles. The molecule has 0 amide bonds. The minimum absolute atomic E-state index is 0.791. The summed E-state index contributed by atoms with van der Waals surface area (Å²) in [6, 6.07) is 8.53. The van der Waals surface area contributed by atoms with Gasteiger partial charge in [-0.25, -0.2) is 0 Å². The average molecular weight is 277 g/mol. The quantitative estimate of drug-likeness (QED) is 0.436. The number of nitrogens with zero attached hydrogens (tertiary/aromatic N) is 1. The van der Waals surface area contributed by atoms with Crippen molar-refractivity contribution in [3.63, 3.8) is 0 Å². The summed E-state index contributed by atoms with van der Waals surface area (Å²) >= 11 is 0. The minimum atomic E-state index is 0.791. The van der Waals surface area contributed by atoms with E-state index in [2.05, 4.69) is 46.8 Å². The number of hydrogen-bond donors (Lipinski definition) is 2. The second-order valence-corrected chi connectivity index (χ2v) is 4.74. The molecular formula is C16H27N3O. The summed E-state index contributed by atoms with van der Waals surface area (Å²) in [5.74, 6) is 0.849. The topological polar surface area (TPSA) is 45.6 Å². The molecule has 0 unspecified atom stereocenters. The van der Waals surface area contributed by atoms with Gasteiger partial charge in [0, 0.05) is 33.4 Å². The van der Waals surface area contributed by atoms with Crippen molar-refractivity contribution < 1.29 is 4.74 Å². The van der Waals surface area contributed by atoms with Crippen molar-refractivity contribution in [3.8, 4) is 0 Å². The second kappa shape index (κ2) is 10.3. The third kappa shape index (κ3) is 7.14. The van der Waals surface area contributed by atoms with Gasteiger partial charge in [-0.1, -0.05) is 29.8 Å². The Bertz CT molecular complexity index is 387. The molecule has 0 spiro atoms. The van der Waals surface area contributed by atoms with Crippen LogP contribution in [0.1, 0.15) is 30.9 Å². The number of ether oxygens (including phenoxy) is 1. The Balaban J connectivity index is 2.18. The third-order valence-corrected chi connectivity index (χ3v) is 3.02. The summed E-state index contributed by atoms with van der Waals surface area (Å²) < 4.78 is 5.31. The molecule has 0 aliphatic rings. The van der Waals surface area contributed by atoms with E-state index in [1.807, 2.05) is 6.92 Å². The largest absolute Gasteiger partial charge is 0.382 e. The fraction of sp³-hybridized carbons (Fsp3) is 0.562. The SMILES string of the molecule is CCOCCCCNC(=NC)NCc1ccc(C)cc1. The van der Waals surface area contributed by atoms with E-state index in [9.17, 15) is 0 Å². The lowest BCUT2D eigenvalue weighted by Gasteiger charge is -2.12. The molecule has 0 heterocycles.